The van der Waals surface area contributed by atoms with Crippen LogP contribution in [0.4, 0.5) is 0 Å². The quantitative estimate of drug-likeness (QED) is 0.303. The van der Waals surface area contributed by atoms with Gasteiger partial charge in [-0.3, -0.25) is 0 Å². The van der Waals surface area contributed by atoms with Crippen LogP contribution < -0.4 is 0 Å². The predicted molar refractivity (Wildman–Crippen MR) is 150 cm³/mol. The minimum absolute atomic E-state index is 0. The molecule has 0 atom stereocenters. The first-order chi connectivity index (χ1) is 15.8. The zero-order valence-electron chi connectivity index (χ0n) is 20.9. The fourth-order valence-corrected chi connectivity index (χ4v) is 3.98. The zero-order chi connectivity index (χ0) is 26.0. The molecule has 2 aromatic rings. The van der Waals surface area contributed by atoms with Crippen LogP contribution in [0.15, 0.2) is 82.0 Å². The molecule has 0 radical (unpaired) electrons. The van der Waals surface area contributed by atoms with Gasteiger partial charge in [-0.1, -0.05) is 92.0 Å². The summed E-state index contributed by atoms with van der Waals surface area (Å²) in [6.45, 7) is 13.1. The van der Waals surface area contributed by atoms with Crippen molar-refractivity contribution in [2.45, 2.75) is 54.4 Å². The summed E-state index contributed by atoms with van der Waals surface area (Å²) in [6, 6.07) is 9.01. The van der Waals surface area contributed by atoms with Gasteiger partial charge in [0.25, 0.3) is 0 Å². The molecule has 4 rings (SSSR count). The van der Waals surface area contributed by atoms with Gasteiger partial charge >= 0.3 is 0 Å². The van der Waals surface area contributed by atoms with Gasteiger partial charge in [0.1, 0.15) is 11.5 Å². The molecule has 0 bridgehead atoms. The largest absolute Gasteiger partial charge is 0.506 e. The van der Waals surface area contributed by atoms with Crippen LogP contribution in [0.3, 0.4) is 0 Å². The van der Waals surface area contributed by atoms with Crippen LogP contribution in [0.1, 0.15) is 54.4 Å². The molecule has 0 fully saturated rings. The molecule has 0 heterocycles. The summed E-state index contributed by atoms with van der Waals surface area (Å²) in [5, 5.41) is 19.3. The zero-order valence-corrected chi connectivity index (χ0v) is 26.4. The second kappa shape index (κ2) is 16.7. The molecule has 0 spiro atoms. The Morgan fingerprint density at radius 1 is 0.571 bits per heavy atom. The summed E-state index contributed by atoms with van der Waals surface area (Å²) in [4.78, 5) is 0. The summed E-state index contributed by atoms with van der Waals surface area (Å²) in [7, 11) is 0. The van der Waals surface area contributed by atoms with E-state index in [1.54, 1.807) is 12.1 Å². The van der Waals surface area contributed by atoms with Crippen molar-refractivity contribution in [3.63, 3.8) is 0 Å². The van der Waals surface area contributed by atoms with Gasteiger partial charge in [-0.15, -0.1) is 0 Å². The third-order valence-electron chi connectivity index (χ3n) is 5.18. The molecule has 7 heteroatoms. The van der Waals surface area contributed by atoms with Crippen molar-refractivity contribution < 1.29 is 36.4 Å². The van der Waals surface area contributed by atoms with E-state index in [4.69, 9.17) is 56.6 Å². The third kappa shape index (κ3) is 13.2. The molecule has 0 amide bonds. The van der Waals surface area contributed by atoms with Gasteiger partial charge in [-0.2, -0.15) is 0 Å². The van der Waals surface area contributed by atoms with Crippen LogP contribution >= 0.6 is 46.4 Å². The topological polar surface area (TPSA) is 40.5 Å². The maximum Gasteiger partial charge on any atom is 0.134 e. The van der Waals surface area contributed by atoms with E-state index in [-0.39, 0.29) is 47.7 Å². The molecule has 188 valence electrons. The van der Waals surface area contributed by atoms with Crippen LogP contribution in [0.5, 0.6) is 11.5 Å². The summed E-state index contributed by atoms with van der Waals surface area (Å²) in [6.07, 6.45) is 6.92. The van der Waals surface area contributed by atoms with E-state index in [0.717, 1.165) is 0 Å². The van der Waals surface area contributed by atoms with E-state index in [9.17, 15) is 0 Å². The minimum Gasteiger partial charge on any atom is -0.506 e. The molecule has 0 aromatic heterocycles. The number of phenolic OH excluding ortho intramolecular Hbond substituents is 2. The van der Waals surface area contributed by atoms with Crippen molar-refractivity contribution in [2.24, 2.45) is 0 Å². The van der Waals surface area contributed by atoms with Gasteiger partial charge in [0.2, 0.25) is 0 Å². The second-order valence-electron chi connectivity index (χ2n) is 8.45. The number of aromatic hydroxyl groups is 2. The van der Waals surface area contributed by atoms with E-state index >= 15 is 0 Å². The van der Waals surface area contributed by atoms with Crippen LogP contribution in [-0.4, -0.2) is 10.2 Å². The van der Waals surface area contributed by atoms with Crippen molar-refractivity contribution >= 4 is 46.4 Å². The average Bonchev–Trinajstić information content (AvgIpc) is 3.20. The maximum absolute atomic E-state index is 8.85. The standard InChI is InChI=1S/2C8H12.2C6H4Cl2O.Zr/c2*1-6-4-7(2)8(3)5-6;2*7-4-1-2-6(9)5(8)3-4;/h2*4H,5H2,1-3H3;2*1-3,9H;. The molecule has 2 nitrogen and oxygen atoms in total. The molecule has 0 unspecified atom stereocenters. The number of hydrogen-bond donors (Lipinski definition) is 2. The molecule has 2 aliphatic rings. The fraction of sp³-hybridized carbons (Fsp3) is 0.286. The smallest absolute Gasteiger partial charge is 0.134 e. The number of hydrogen-bond acceptors (Lipinski definition) is 2. The molecule has 2 aromatic carbocycles. The number of benzene rings is 2. The monoisotopic (exact) mass is 630 g/mol. The summed E-state index contributed by atoms with van der Waals surface area (Å²) in [5.41, 5.74) is 8.98. The Bertz CT molecular complexity index is 1040. The molecule has 0 aliphatic heterocycles. The fourth-order valence-electron chi connectivity index (χ4n) is 3.17. The first-order valence-electron chi connectivity index (χ1n) is 10.7. The van der Waals surface area contributed by atoms with E-state index in [1.807, 2.05) is 0 Å². The Balaban J connectivity index is 0.000000437. The van der Waals surface area contributed by atoms with Gasteiger partial charge < -0.3 is 10.2 Å². The third-order valence-corrected chi connectivity index (χ3v) is 6.26. The Kier molecular flexibility index (Phi) is 16.3. The van der Waals surface area contributed by atoms with Crippen LogP contribution in [0, 0.1) is 0 Å². The van der Waals surface area contributed by atoms with Crippen molar-refractivity contribution in [2.75, 3.05) is 0 Å². The Morgan fingerprint density at radius 3 is 1.03 bits per heavy atom. The maximum atomic E-state index is 8.85. The van der Waals surface area contributed by atoms with Crippen LogP contribution in [0.2, 0.25) is 20.1 Å². The number of phenols is 2. The SMILES string of the molecule is CC1=CC(C)=C(C)C1.CC1=CC(C)=C(C)C1.Oc1ccc(Cl)cc1Cl.Oc1ccc(Cl)cc1Cl.[Zr]. The minimum atomic E-state index is 0. The molecule has 0 saturated carbocycles. The van der Waals surface area contributed by atoms with Crippen LogP contribution in [0.25, 0.3) is 0 Å². The van der Waals surface area contributed by atoms with Gasteiger partial charge in [-0.05, 0) is 90.8 Å². The van der Waals surface area contributed by atoms with E-state index < -0.39 is 0 Å². The van der Waals surface area contributed by atoms with Crippen molar-refractivity contribution in [1.29, 1.82) is 0 Å². The number of rotatable bonds is 0. The summed E-state index contributed by atoms with van der Waals surface area (Å²) >= 11 is 22.0. The van der Waals surface area contributed by atoms with Gasteiger partial charge in [-0.25, -0.2) is 0 Å². The first-order valence-corrected chi connectivity index (χ1v) is 12.3. The second-order valence-corrected chi connectivity index (χ2v) is 10.1. The van der Waals surface area contributed by atoms with Gasteiger partial charge in [0.05, 0.1) is 10.0 Å². The van der Waals surface area contributed by atoms with E-state index in [2.05, 4.69) is 53.7 Å². The van der Waals surface area contributed by atoms with Crippen molar-refractivity contribution in [1.82, 2.24) is 0 Å². The molecule has 0 saturated heterocycles. The molecule has 2 aliphatic carbocycles. The van der Waals surface area contributed by atoms with E-state index in [0.29, 0.717) is 10.0 Å². The normalized spacial score (nSPS) is 13.9. The van der Waals surface area contributed by atoms with Gasteiger partial charge in [0.15, 0.2) is 0 Å². The Morgan fingerprint density at radius 2 is 0.886 bits per heavy atom. The average molecular weight is 634 g/mol. The predicted octanol–water partition coefficient (Wildman–Crippen LogP) is 10.7. The first kappa shape index (κ1) is 34.0. The molecule has 35 heavy (non-hydrogen) atoms. The molecular weight excluding hydrogens is 601 g/mol. The Hall–Kier alpha value is -0.957. The van der Waals surface area contributed by atoms with Gasteiger partial charge in [0, 0.05) is 36.2 Å². The van der Waals surface area contributed by atoms with Crippen molar-refractivity contribution in [3.8, 4) is 11.5 Å². The Labute approximate surface area is 249 Å². The summed E-state index contributed by atoms with van der Waals surface area (Å²) in [5.74, 6) is 0.113. The van der Waals surface area contributed by atoms with E-state index in [1.165, 1.54) is 70.5 Å². The van der Waals surface area contributed by atoms with Crippen molar-refractivity contribution in [3.05, 3.63) is 102 Å². The number of allylic oxidation sites excluding steroid dienone is 8. The molecular formula is C28H32Cl4O2Zr. The van der Waals surface area contributed by atoms with Crippen LogP contribution in [-0.2, 0) is 26.2 Å². The summed E-state index contributed by atoms with van der Waals surface area (Å²) < 4.78 is 0. The molecule has 2 N–H and O–H groups in total. The number of halogens is 4.